The Balaban J connectivity index is 2.24. The second-order valence-electron chi connectivity index (χ2n) is 3.49. The fourth-order valence-corrected chi connectivity index (χ4v) is 1.65. The largest absolute Gasteiger partial charge is 0.493 e. The molecule has 1 aromatic carbocycles. The SMILES string of the molecule is O=C(O)C=Cc1ccc2c(c1)CCCO2. The van der Waals surface area contributed by atoms with Gasteiger partial charge in [0.2, 0.25) is 0 Å². The van der Waals surface area contributed by atoms with E-state index in [0.29, 0.717) is 0 Å². The summed E-state index contributed by atoms with van der Waals surface area (Å²) in [6.07, 6.45) is 4.77. The van der Waals surface area contributed by atoms with Crippen molar-refractivity contribution in [2.24, 2.45) is 0 Å². The average Bonchev–Trinajstić information content (AvgIpc) is 2.26. The van der Waals surface area contributed by atoms with Crippen LogP contribution in [0.3, 0.4) is 0 Å². The molecule has 0 saturated carbocycles. The van der Waals surface area contributed by atoms with E-state index in [1.807, 2.05) is 18.2 Å². The van der Waals surface area contributed by atoms with Crippen molar-refractivity contribution in [2.75, 3.05) is 6.61 Å². The van der Waals surface area contributed by atoms with Gasteiger partial charge in [0.05, 0.1) is 6.61 Å². The molecule has 78 valence electrons. The van der Waals surface area contributed by atoms with Gasteiger partial charge in [0.25, 0.3) is 0 Å². The Morgan fingerprint density at radius 1 is 1.47 bits per heavy atom. The number of carbonyl (C=O) groups is 1. The predicted molar refractivity (Wildman–Crippen MR) is 56.9 cm³/mol. The monoisotopic (exact) mass is 204 g/mol. The Kier molecular flexibility index (Phi) is 2.72. The smallest absolute Gasteiger partial charge is 0.328 e. The van der Waals surface area contributed by atoms with Crippen LogP contribution in [0.1, 0.15) is 17.5 Å². The highest BCUT2D eigenvalue weighted by Crippen LogP contribution is 2.25. The summed E-state index contributed by atoms with van der Waals surface area (Å²) in [5, 5.41) is 8.50. The first kappa shape index (κ1) is 9.77. The zero-order chi connectivity index (χ0) is 10.7. The highest BCUT2D eigenvalue weighted by Gasteiger charge is 2.09. The number of carboxylic acids is 1. The molecule has 0 atom stereocenters. The summed E-state index contributed by atoms with van der Waals surface area (Å²) >= 11 is 0. The average molecular weight is 204 g/mol. The van der Waals surface area contributed by atoms with Crippen LogP contribution in [0.25, 0.3) is 6.08 Å². The van der Waals surface area contributed by atoms with E-state index in [1.165, 1.54) is 0 Å². The molecule has 1 N–H and O–H groups in total. The van der Waals surface area contributed by atoms with Crippen LogP contribution in [0.15, 0.2) is 24.3 Å². The van der Waals surface area contributed by atoms with E-state index in [0.717, 1.165) is 42.4 Å². The number of aryl methyl sites for hydroxylation is 1. The molecule has 1 heterocycles. The van der Waals surface area contributed by atoms with Crippen LogP contribution in [-0.2, 0) is 11.2 Å². The minimum atomic E-state index is -0.927. The lowest BCUT2D eigenvalue weighted by Crippen LogP contribution is -2.08. The second-order valence-corrected chi connectivity index (χ2v) is 3.49. The zero-order valence-corrected chi connectivity index (χ0v) is 8.27. The van der Waals surface area contributed by atoms with Gasteiger partial charge in [-0.05, 0) is 42.2 Å². The van der Waals surface area contributed by atoms with Gasteiger partial charge in [0.1, 0.15) is 5.75 Å². The first-order valence-electron chi connectivity index (χ1n) is 4.92. The fraction of sp³-hybridized carbons (Fsp3) is 0.250. The van der Waals surface area contributed by atoms with E-state index >= 15 is 0 Å². The molecule has 15 heavy (non-hydrogen) atoms. The summed E-state index contributed by atoms with van der Waals surface area (Å²) in [6, 6.07) is 5.74. The highest BCUT2D eigenvalue weighted by molar-refractivity contribution is 5.85. The number of hydrogen-bond acceptors (Lipinski definition) is 2. The highest BCUT2D eigenvalue weighted by atomic mass is 16.5. The third-order valence-electron chi connectivity index (χ3n) is 2.35. The minimum Gasteiger partial charge on any atom is -0.493 e. The molecule has 0 spiro atoms. The van der Waals surface area contributed by atoms with Gasteiger partial charge in [-0.2, -0.15) is 0 Å². The molecule has 0 aromatic heterocycles. The Morgan fingerprint density at radius 3 is 3.13 bits per heavy atom. The molecule has 3 nitrogen and oxygen atoms in total. The molecule has 0 aliphatic carbocycles. The lowest BCUT2D eigenvalue weighted by atomic mass is 10.0. The molecule has 1 aliphatic rings. The third-order valence-corrected chi connectivity index (χ3v) is 2.35. The Labute approximate surface area is 88.0 Å². The van der Waals surface area contributed by atoms with E-state index in [2.05, 4.69) is 0 Å². The minimum absolute atomic E-state index is 0.775. The number of fused-ring (bicyclic) bond motifs is 1. The van der Waals surface area contributed by atoms with Gasteiger partial charge in [-0.1, -0.05) is 6.07 Å². The molecule has 0 amide bonds. The van der Waals surface area contributed by atoms with Crippen LogP contribution in [0.2, 0.25) is 0 Å². The van der Waals surface area contributed by atoms with Gasteiger partial charge in [-0.25, -0.2) is 4.79 Å². The second kappa shape index (κ2) is 4.17. The number of rotatable bonds is 2. The van der Waals surface area contributed by atoms with Crippen molar-refractivity contribution in [1.82, 2.24) is 0 Å². The molecule has 0 radical (unpaired) electrons. The first-order valence-corrected chi connectivity index (χ1v) is 4.92. The number of benzene rings is 1. The van der Waals surface area contributed by atoms with Crippen LogP contribution in [-0.4, -0.2) is 17.7 Å². The maximum Gasteiger partial charge on any atom is 0.328 e. The predicted octanol–water partition coefficient (Wildman–Crippen LogP) is 2.11. The van der Waals surface area contributed by atoms with Crippen molar-refractivity contribution in [3.63, 3.8) is 0 Å². The van der Waals surface area contributed by atoms with Crippen molar-refractivity contribution in [2.45, 2.75) is 12.8 Å². The van der Waals surface area contributed by atoms with Gasteiger partial charge in [-0.15, -0.1) is 0 Å². The lowest BCUT2D eigenvalue weighted by Gasteiger charge is -2.17. The molecular formula is C12H12O3. The molecule has 2 rings (SSSR count). The molecule has 0 fully saturated rings. The quantitative estimate of drug-likeness (QED) is 0.750. The van der Waals surface area contributed by atoms with Crippen LogP contribution in [0.5, 0.6) is 5.75 Å². The van der Waals surface area contributed by atoms with E-state index < -0.39 is 5.97 Å². The number of hydrogen-bond donors (Lipinski definition) is 1. The van der Waals surface area contributed by atoms with Crippen molar-refractivity contribution in [3.05, 3.63) is 35.4 Å². The lowest BCUT2D eigenvalue weighted by molar-refractivity contribution is -0.131. The summed E-state index contributed by atoms with van der Waals surface area (Å²) in [4.78, 5) is 10.3. The summed E-state index contributed by atoms with van der Waals surface area (Å²) in [6.45, 7) is 0.775. The summed E-state index contributed by atoms with van der Waals surface area (Å²) < 4.78 is 5.46. The number of aliphatic carboxylic acids is 1. The van der Waals surface area contributed by atoms with Crippen molar-refractivity contribution < 1.29 is 14.6 Å². The molecule has 0 saturated heterocycles. The van der Waals surface area contributed by atoms with Gasteiger partial charge >= 0.3 is 5.97 Å². The van der Waals surface area contributed by atoms with E-state index in [1.54, 1.807) is 6.08 Å². The Hall–Kier alpha value is -1.77. The summed E-state index contributed by atoms with van der Waals surface area (Å²) in [7, 11) is 0. The number of ether oxygens (including phenoxy) is 1. The molecule has 1 aliphatic heterocycles. The third kappa shape index (κ3) is 2.37. The van der Waals surface area contributed by atoms with Crippen molar-refractivity contribution >= 4 is 12.0 Å². The molecular weight excluding hydrogens is 192 g/mol. The fourth-order valence-electron chi connectivity index (χ4n) is 1.65. The normalized spacial score (nSPS) is 14.7. The summed E-state index contributed by atoms with van der Waals surface area (Å²) in [5.74, 6) is -0.00213. The van der Waals surface area contributed by atoms with Crippen LogP contribution in [0.4, 0.5) is 0 Å². The zero-order valence-electron chi connectivity index (χ0n) is 8.27. The Morgan fingerprint density at radius 2 is 2.33 bits per heavy atom. The molecule has 0 bridgehead atoms. The summed E-state index contributed by atoms with van der Waals surface area (Å²) in [5.41, 5.74) is 2.07. The van der Waals surface area contributed by atoms with Crippen LogP contribution < -0.4 is 4.74 Å². The van der Waals surface area contributed by atoms with Gasteiger partial charge in [-0.3, -0.25) is 0 Å². The van der Waals surface area contributed by atoms with Crippen molar-refractivity contribution in [1.29, 1.82) is 0 Å². The first-order chi connectivity index (χ1) is 7.25. The Bertz CT molecular complexity index is 407. The molecule has 0 unspecified atom stereocenters. The maximum atomic E-state index is 10.3. The molecule has 1 aromatic rings. The van der Waals surface area contributed by atoms with E-state index in [4.69, 9.17) is 9.84 Å². The van der Waals surface area contributed by atoms with Gasteiger partial charge in [0, 0.05) is 6.08 Å². The van der Waals surface area contributed by atoms with Gasteiger partial charge in [0.15, 0.2) is 0 Å². The van der Waals surface area contributed by atoms with E-state index in [-0.39, 0.29) is 0 Å². The number of carboxylic acid groups (broad SMARTS) is 1. The van der Waals surface area contributed by atoms with Crippen molar-refractivity contribution in [3.8, 4) is 5.75 Å². The van der Waals surface area contributed by atoms with E-state index in [9.17, 15) is 4.79 Å². The van der Waals surface area contributed by atoms with Crippen LogP contribution in [0, 0.1) is 0 Å². The maximum absolute atomic E-state index is 10.3. The standard InChI is InChI=1S/C12H12O3/c13-12(14)6-4-9-3-5-11-10(8-9)2-1-7-15-11/h3-6,8H,1-2,7H2,(H,13,14). The molecule has 3 heteroatoms. The topological polar surface area (TPSA) is 46.5 Å². The van der Waals surface area contributed by atoms with Crippen LogP contribution >= 0.6 is 0 Å². The van der Waals surface area contributed by atoms with Gasteiger partial charge < -0.3 is 9.84 Å².